The fraction of sp³-hybridized carbons (Fsp3) is 0.333. The number of amides is 2. The number of hydrogen-bond donors (Lipinski definition) is 1. The number of hydrogen-bond acceptors (Lipinski definition) is 5. The number of fused-ring (bicyclic) bond motifs is 3. The van der Waals surface area contributed by atoms with Crippen molar-refractivity contribution in [2.45, 2.75) is 44.9 Å². The maximum atomic E-state index is 13.3. The summed E-state index contributed by atoms with van der Waals surface area (Å²) in [6.07, 6.45) is 1.46. The molecule has 2 amide bonds. The fourth-order valence-corrected chi connectivity index (χ4v) is 4.66. The van der Waals surface area contributed by atoms with Gasteiger partial charge in [0.05, 0.1) is 10.9 Å². The lowest BCUT2D eigenvalue weighted by atomic mass is 10.00. The van der Waals surface area contributed by atoms with E-state index in [0.717, 1.165) is 23.4 Å². The number of aliphatic imine (C=N–C) groups is 2. The predicted molar refractivity (Wildman–Crippen MR) is 127 cm³/mol. The van der Waals surface area contributed by atoms with Gasteiger partial charge in [-0.25, -0.2) is 9.89 Å². The van der Waals surface area contributed by atoms with Crippen molar-refractivity contribution in [2.24, 2.45) is 15.9 Å². The highest BCUT2D eigenvalue weighted by Gasteiger charge is 2.43. The second-order valence-corrected chi connectivity index (χ2v) is 8.91. The van der Waals surface area contributed by atoms with Gasteiger partial charge in [0.25, 0.3) is 5.91 Å². The van der Waals surface area contributed by atoms with Crippen molar-refractivity contribution in [3.63, 3.8) is 0 Å². The van der Waals surface area contributed by atoms with Crippen molar-refractivity contribution < 1.29 is 9.59 Å². The van der Waals surface area contributed by atoms with Crippen LogP contribution in [-0.2, 0) is 9.59 Å². The van der Waals surface area contributed by atoms with Gasteiger partial charge in [0.15, 0.2) is 5.17 Å². The van der Waals surface area contributed by atoms with E-state index in [0.29, 0.717) is 17.4 Å². The highest BCUT2D eigenvalue weighted by molar-refractivity contribution is 8.15. The van der Waals surface area contributed by atoms with E-state index in [2.05, 4.69) is 12.2 Å². The van der Waals surface area contributed by atoms with Crippen LogP contribution >= 0.6 is 11.8 Å². The number of anilines is 1. The number of carbonyl (C=O) groups is 2. The molecule has 0 bridgehead atoms. The molecular weight excluding hydrogens is 408 g/mol. The normalized spacial score (nSPS) is 19.1. The molecule has 0 aromatic heterocycles. The molecule has 0 saturated heterocycles. The molecule has 2 aromatic carbocycles. The number of thioether (sulfide) groups is 1. The molecule has 31 heavy (non-hydrogen) atoms. The summed E-state index contributed by atoms with van der Waals surface area (Å²) >= 11 is 1.32. The van der Waals surface area contributed by atoms with Gasteiger partial charge in [-0.15, -0.1) is 0 Å². The van der Waals surface area contributed by atoms with Crippen molar-refractivity contribution in [3.8, 4) is 0 Å². The van der Waals surface area contributed by atoms with E-state index in [-0.39, 0.29) is 23.0 Å². The Bertz CT molecular complexity index is 1050. The first kappa shape index (κ1) is 21.3. The van der Waals surface area contributed by atoms with Crippen LogP contribution in [0.2, 0.25) is 0 Å². The summed E-state index contributed by atoms with van der Waals surface area (Å²) in [5, 5.41) is 3.09. The minimum atomic E-state index is -0.421. The summed E-state index contributed by atoms with van der Waals surface area (Å²) in [6, 6.07) is 16.7. The molecule has 1 N–H and O–H groups in total. The quantitative estimate of drug-likeness (QED) is 0.707. The van der Waals surface area contributed by atoms with E-state index in [1.54, 1.807) is 4.90 Å². The van der Waals surface area contributed by atoms with Crippen molar-refractivity contribution in [2.75, 3.05) is 5.32 Å². The number of amidine groups is 2. The van der Waals surface area contributed by atoms with Crippen molar-refractivity contribution >= 4 is 46.0 Å². The van der Waals surface area contributed by atoms with Gasteiger partial charge in [0.1, 0.15) is 11.9 Å². The van der Waals surface area contributed by atoms with Gasteiger partial charge in [-0.3, -0.25) is 14.6 Å². The summed E-state index contributed by atoms with van der Waals surface area (Å²) in [7, 11) is 0. The monoisotopic (exact) mass is 434 g/mol. The van der Waals surface area contributed by atoms with Crippen LogP contribution in [-0.4, -0.2) is 39.0 Å². The number of benzene rings is 2. The first-order chi connectivity index (χ1) is 15.0. The molecule has 0 saturated carbocycles. The molecule has 0 fully saturated rings. The van der Waals surface area contributed by atoms with Crippen LogP contribution in [0.25, 0.3) is 0 Å². The molecule has 0 radical (unpaired) electrons. The molecule has 2 aliphatic heterocycles. The maximum absolute atomic E-state index is 13.3. The van der Waals surface area contributed by atoms with E-state index >= 15 is 0 Å². The molecule has 2 aliphatic rings. The second kappa shape index (κ2) is 9.06. The molecule has 0 spiro atoms. The van der Waals surface area contributed by atoms with Gasteiger partial charge in [-0.05, 0) is 36.6 Å². The number of nitrogens with zero attached hydrogens (tertiary/aromatic N) is 3. The van der Waals surface area contributed by atoms with Crippen LogP contribution in [0.5, 0.6) is 0 Å². The van der Waals surface area contributed by atoms with Gasteiger partial charge < -0.3 is 5.32 Å². The number of rotatable bonds is 6. The van der Waals surface area contributed by atoms with E-state index in [1.807, 2.05) is 68.4 Å². The average molecular weight is 435 g/mol. The molecule has 0 unspecified atom stereocenters. The zero-order chi connectivity index (χ0) is 22.0. The summed E-state index contributed by atoms with van der Waals surface area (Å²) < 4.78 is 0. The second-order valence-electron chi connectivity index (χ2n) is 7.74. The molecule has 2 aromatic rings. The minimum Gasteiger partial charge on any atom is -0.325 e. The van der Waals surface area contributed by atoms with Gasteiger partial charge >= 0.3 is 0 Å². The standard InChI is InChI=1S/C24H26N4O2S/c1-4-15(3)20-23(30)28-21(27-20)17-13-9-10-14-18(17)26-24(28)31-19(5-2)22(29)25-16-11-7-6-8-12-16/h6-15,19-20H,4-5H2,1-3H3,(H,25,29)/t15-,19+,20+/m1/s1. The Morgan fingerprint density at radius 1 is 1.10 bits per heavy atom. The first-order valence-electron chi connectivity index (χ1n) is 10.7. The SMILES string of the molecule is CC[C@H](SC1=Nc2ccccc2C2=N[C@@H]([C@H](C)CC)C(=O)N12)C(=O)Nc1ccccc1. The van der Waals surface area contributed by atoms with Gasteiger partial charge in [-0.1, -0.05) is 69.3 Å². The average Bonchev–Trinajstić information content (AvgIpc) is 3.15. The Morgan fingerprint density at radius 2 is 1.81 bits per heavy atom. The molecule has 2 heterocycles. The van der Waals surface area contributed by atoms with Crippen LogP contribution < -0.4 is 5.32 Å². The molecular formula is C24H26N4O2S. The third-order valence-electron chi connectivity index (χ3n) is 5.63. The van der Waals surface area contributed by atoms with E-state index < -0.39 is 6.04 Å². The molecule has 0 aliphatic carbocycles. The van der Waals surface area contributed by atoms with Crippen molar-refractivity contribution in [1.29, 1.82) is 0 Å². The Labute approximate surface area is 186 Å². The van der Waals surface area contributed by atoms with Crippen molar-refractivity contribution in [1.82, 2.24) is 4.90 Å². The van der Waals surface area contributed by atoms with Crippen LogP contribution in [0.4, 0.5) is 11.4 Å². The summed E-state index contributed by atoms with van der Waals surface area (Å²) in [5.74, 6) is 0.598. The maximum Gasteiger partial charge on any atom is 0.259 e. The van der Waals surface area contributed by atoms with E-state index in [9.17, 15) is 9.59 Å². The lowest BCUT2D eigenvalue weighted by Crippen LogP contribution is -2.43. The third kappa shape index (κ3) is 4.14. The Balaban J connectivity index is 1.64. The Morgan fingerprint density at radius 3 is 2.52 bits per heavy atom. The lowest BCUT2D eigenvalue weighted by molar-refractivity contribution is -0.125. The van der Waals surface area contributed by atoms with E-state index in [4.69, 9.17) is 9.98 Å². The number of para-hydroxylation sites is 2. The molecule has 4 rings (SSSR count). The zero-order valence-corrected chi connectivity index (χ0v) is 18.7. The van der Waals surface area contributed by atoms with E-state index in [1.165, 1.54) is 11.8 Å². The summed E-state index contributed by atoms with van der Waals surface area (Å²) in [5.41, 5.74) is 2.38. The minimum absolute atomic E-state index is 0.0663. The van der Waals surface area contributed by atoms with Crippen LogP contribution in [0, 0.1) is 5.92 Å². The van der Waals surface area contributed by atoms with Gasteiger partial charge in [0.2, 0.25) is 5.91 Å². The van der Waals surface area contributed by atoms with Crippen molar-refractivity contribution in [3.05, 3.63) is 60.2 Å². The molecule has 7 heteroatoms. The fourth-order valence-electron chi connectivity index (χ4n) is 3.64. The lowest BCUT2D eigenvalue weighted by Gasteiger charge is -2.27. The Kier molecular flexibility index (Phi) is 6.23. The summed E-state index contributed by atoms with van der Waals surface area (Å²) in [6.45, 7) is 6.07. The van der Waals surface area contributed by atoms with Crippen LogP contribution in [0.15, 0.2) is 64.6 Å². The number of carbonyl (C=O) groups excluding carboxylic acids is 2. The smallest absolute Gasteiger partial charge is 0.259 e. The topological polar surface area (TPSA) is 74.1 Å². The molecule has 6 nitrogen and oxygen atoms in total. The zero-order valence-electron chi connectivity index (χ0n) is 17.9. The number of nitrogens with one attached hydrogen (secondary N) is 1. The molecule has 160 valence electrons. The Hall–Kier alpha value is -2.93. The molecule has 3 atom stereocenters. The van der Waals surface area contributed by atoms with Crippen LogP contribution in [0.1, 0.15) is 39.2 Å². The largest absolute Gasteiger partial charge is 0.325 e. The predicted octanol–water partition coefficient (Wildman–Crippen LogP) is 4.84. The first-order valence-corrected chi connectivity index (χ1v) is 11.5. The van der Waals surface area contributed by atoms with Gasteiger partial charge in [0, 0.05) is 11.3 Å². The highest BCUT2D eigenvalue weighted by Crippen LogP contribution is 2.36. The van der Waals surface area contributed by atoms with Crippen LogP contribution in [0.3, 0.4) is 0 Å². The summed E-state index contributed by atoms with van der Waals surface area (Å²) in [4.78, 5) is 37.4. The highest BCUT2D eigenvalue weighted by atomic mass is 32.2. The van der Waals surface area contributed by atoms with Gasteiger partial charge in [-0.2, -0.15) is 0 Å². The third-order valence-corrected chi connectivity index (χ3v) is 6.95.